The molecule has 0 saturated heterocycles. The Bertz CT molecular complexity index is 1590. The Kier molecular flexibility index (Phi) is 8.67. The Morgan fingerprint density at radius 1 is 1.00 bits per heavy atom. The molecule has 3 heterocycles. The number of halogens is 3. The van der Waals surface area contributed by atoms with E-state index in [4.69, 9.17) is 10.3 Å². The molecule has 220 valence electrons. The molecular weight excluding hydrogens is 561 g/mol. The quantitative estimate of drug-likeness (QED) is 0.320. The molecule has 1 amide bonds. The molecule has 0 atom stereocenters. The van der Waals surface area contributed by atoms with Gasteiger partial charge >= 0.3 is 6.18 Å². The van der Waals surface area contributed by atoms with E-state index in [1.807, 2.05) is 64.2 Å². The van der Waals surface area contributed by atoms with Crippen LogP contribution in [0.2, 0.25) is 0 Å². The summed E-state index contributed by atoms with van der Waals surface area (Å²) in [7, 11) is -2.51. The second-order valence-corrected chi connectivity index (χ2v) is 13.1. The van der Waals surface area contributed by atoms with Crippen molar-refractivity contribution in [3.63, 3.8) is 0 Å². The molecule has 0 saturated carbocycles. The molecule has 0 fully saturated rings. The van der Waals surface area contributed by atoms with E-state index < -0.39 is 37.3 Å². The summed E-state index contributed by atoms with van der Waals surface area (Å²) in [6.45, 7) is 7.88. The number of hydrogen-bond donors (Lipinski definition) is 2. The van der Waals surface area contributed by atoms with Crippen molar-refractivity contribution in [2.75, 3.05) is 11.1 Å². The van der Waals surface area contributed by atoms with Crippen LogP contribution >= 0.6 is 0 Å². The molecule has 41 heavy (non-hydrogen) atoms. The van der Waals surface area contributed by atoms with E-state index >= 15 is 0 Å². The van der Waals surface area contributed by atoms with Crippen molar-refractivity contribution in [2.24, 2.45) is 7.05 Å². The number of hydrogen-bond acceptors (Lipinski definition) is 8. The van der Waals surface area contributed by atoms with Gasteiger partial charge in [-0.25, -0.2) is 8.42 Å². The van der Waals surface area contributed by atoms with Crippen molar-refractivity contribution in [3.8, 4) is 11.3 Å². The smallest absolute Gasteiger partial charge is 0.384 e. The van der Waals surface area contributed by atoms with Crippen LogP contribution in [0.25, 0.3) is 11.3 Å². The number of nitrogens with one attached hydrogen (secondary N) is 1. The van der Waals surface area contributed by atoms with Crippen molar-refractivity contribution >= 4 is 27.4 Å². The van der Waals surface area contributed by atoms with Gasteiger partial charge < -0.3 is 15.6 Å². The van der Waals surface area contributed by atoms with Crippen LogP contribution in [0, 0.1) is 0 Å². The number of benzene rings is 1. The van der Waals surface area contributed by atoms with Gasteiger partial charge in [-0.2, -0.15) is 18.3 Å². The minimum Gasteiger partial charge on any atom is -0.384 e. The molecule has 3 N–H and O–H groups in total. The lowest BCUT2D eigenvalue weighted by Crippen LogP contribution is -2.44. The molecule has 0 unspecified atom stereocenters. The van der Waals surface area contributed by atoms with Gasteiger partial charge in [0.25, 0.3) is 0 Å². The minimum atomic E-state index is -4.70. The highest BCUT2D eigenvalue weighted by Gasteiger charge is 2.44. The van der Waals surface area contributed by atoms with Crippen LogP contribution in [-0.4, -0.2) is 39.0 Å². The summed E-state index contributed by atoms with van der Waals surface area (Å²) >= 11 is 0. The van der Waals surface area contributed by atoms with E-state index in [1.54, 1.807) is 4.68 Å². The maximum atomic E-state index is 12.8. The van der Waals surface area contributed by atoms with Crippen LogP contribution < -0.4 is 11.1 Å². The summed E-state index contributed by atoms with van der Waals surface area (Å²) in [5, 5.41) is 10.3. The van der Waals surface area contributed by atoms with E-state index in [0.717, 1.165) is 31.2 Å². The Morgan fingerprint density at radius 2 is 1.63 bits per heavy atom. The highest BCUT2D eigenvalue weighted by Crippen LogP contribution is 2.31. The van der Waals surface area contributed by atoms with Gasteiger partial charge in [-0.05, 0) is 26.0 Å². The number of rotatable bonds is 5. The molecule has 0 aliphatic heterocycles. The topological polar surface area (TPSA) is 146 Å². The third kappa shape index (κ3) is 7.12. The number of aromatic nitrogens is 4. The molecule has 3 aromatic heterocycles. The van der Waals surface area contributed by atoms with Crippen molar-refractivity contribution in [1.29, 1.82) is 0 Å². The third-order valence-electron chi connectivity index (χ3n) is 6.03. The number of carbonyl (C=O) groups excluding carboxylic acids is 1. The van der Waals surface area contributed by atoms with Crippen molar-refractivity contribution in [3.05, 3.63) is 72.2 Å². The van der Waals surface area contributed by atoms with Crippen molar-refractivity contribution in [1.82, 2.24) is 19.9 Å². The first-order valence-corrected chi connectivity index (χ1v) is 13.7. The van der Waals surface area contributed by atoms with Gasteiger partial charge in [-0.15, -0.1) is 0 Å². The largest absolute Gasteiger partial charge is 0.433 e. The summed E-state index contributed by atoms with van der Waals surface area (Å²) in [5.74, 6) is 0.277. The van der Waals surface area contributed by atoms with E-state index in [2.05, 4.69) is 20.6 Å². The number of pyridine rings is 1. The Hall–Kier alpha value is -4.20. The van der Waals surface area contributed by atoms with Crippen LogP contribution in [0.5, 0.6) is 0 Å². The summed E-state index contributed by atoms with van der Waals surface area (Å²) < 4.78 is 68.2. The zero-order chi connectivity index (χ0) is 30.8. The fourth-order valence-corrected chi connectivity index (χ4v) is 4.63. The molecule has 0 spiro atoms. The fourth-order valence-electron chi connectivity index (χ4n) is 3.31. The first-order chi connectivity index (χ1) is 18.8. The summed E-state index contributed by atoms with van der Waals surface area (Å²) in [6, 6.07) is 14.7. The zero-order valence-electron chi connectivity index (χ0n) is 23.3. The van der Waals surface area contributed by atoms with Crippen LogP contribution in [0.3, 0.4) is 0 Å². The maximum Gasteiger partial charge on any atom is 0.433 e. The number of carbonyl (C=O) groups is 1. The molecule has 4 aromatic rings. The number of nitrogens with two attached hydrogens (primary N) is 1. The van der Waals surface area contributed by atoms with Gasteiger partial charge in [0.2, 0.25) is 5.91 Å². The second-order valence-electron chi connectivity index (χ2n) is 10.6. The number of amides is 1. The third-order valence-corrected chi connectivity index (χ3v) is 8.42. The van der Waals surface area contributed by atoms with Crippen molar-refractivity contribution in [2.45, 2.75) is 55.9 Å². The number of sulfone groups is 1. The Labute approximate surface area is 235 Å². The van der Waals surface area contributed by atoms with Crippen LogP contribution in [-0.2, 0) is 33.3 Å². The standard InChI is InChI=1S/C17H20F3N3O4S.C10H11N3/c1-15(2,3)12-8-13(23-27-12)22-14(24)16(4,5)28(25,26)10-6-7-11(21-9-10)17(18,19)20;1-13-10(11)7-9(12-13)8-5-3-2-4-6-8/h6-9H,1-5H3,(H,22,23,24);2-7H,11H2,1H3. The number of aryl methyl sites for hydroxylation is 1. The second kappa shape index (κ2) is 11.4. The average molecular weight is 593 g/mol. The first kappa shape index (κ1) is 31.3. The highest BCUT2D eigenvalue weighted by atomic mass is 32.2. The van der Waals surface area contributed by atoms with Crippen LogP contribution in [0.15, 0.2) is 70.2 Å². The molecule has 0 radical (unpaired) electrons. The predicted octanol–water partition coefficient (Wildman–Crippen LogP) is 5.25. The Morgan fingerprint density at radius 3 is 2.10 bits per heavy atom. The number of nitrogens with zero attached hydrogens (tertiary/aromatic N) is 4. The van der Waals surface area contributed by atoms with E-state index in [9.17, 15) is 26.4 Å². The monoisotopic (exact) mass is 592 g/mol. The van der Waals surface area contributed by atoms with Crippen LogP contribution in [0.1, 0.15) is 46.1 Å². The van der Waals surface area contributed by atoms with Gasteiger partial charge in [-0.3, -0.25) is 14.5 Å². The normalized spacial score (nSPS) is 12.4. The van der Waals surface area contributed by atoms with Gasteiger partial charge in [0.05, 0.1) is 10.6 Å². The van der Waals surface area contributed by atoms with Crippen LogP contribution in [0.4, 0.5) is 24.8 Å². The molecule has 4 rings (SSSR count). The van der Waals surface area contributed by atoms with Gasteiger partial charge in [0.15, 0.2) is 15.7 Å². The molecular formula is C27H31F3N6O4S. The van der Waals surface area contributed by atoms with E-state index in [0.29, 0.717) is 23.8 Å². The number of anilines is 2. The highest BCUT2D eigenvalue weighted by molar-refractivity contribution is 7.93. The molecule has 0 aliphatic carbocycles. The van der Waals surface area contributed by atoms with E-state index in [1.165, 1.54) is 6.07 Å². The van der Waals surface area contributed by atoms with Gasteiger partial charge in [-0.1, -0.05) is 56.3 Å². The fraction of sp³-hybridized carbons (Fsp3) is 0.333. The zero-order valence-corrected chi connectivity index (χ0v) is 24.1. The Balaban J connectivity index is 0.000000294. The molecule has 0 aliphatic rings. The SMILES string of the molecule is CC(C)(C)c1cc(NC(=O)C(C)(C)S(=O)(=O)c2ccc(C(F)(F)F)nc2)no1.Cn1nc(-c2ccccc2)cc1N. The lowest BCUT2D eigenvalue weighted by molar-refractivity contribution is -0.141. The number of nitrogen functional groups attached to an aromatic ring is 1. The maximum absolute atomic E-state index is 12.8. The lowest BCUT2D eigenvalue weighted by Gasteiger charge is -2.23. The summed E-state index contributed by atoms with van der Waals surface area (Å²) in [6.07, 6.45) is -4.12. The van der Waals surface area contributed by atoms with E-state index in [-0.39, 0.29) is 11.2 Å². The van der Waals surface area contributed by atoms with Crippen molar-refractivity contribution < 1.29 is 30.9 Å². The molecule has 1 aromatic carbocycles. The molecule has 10 nitrogen and oxygen atoms in total. The molecule has 0 bridgehead atoms. The predicted molar refractivity (Wildman–Crippen MR) is 147 cm³/mol. The first-order valence-electron chi connectivity index (χ1n) is 12.3. The molecule has 14 heteroatoms. The van der Waals surface area contributed by atoms with Gasteiger partial charge in [0, 0.05) is 36.4 Å². The summed E-state index contributed by atoms with van der Waals surface area (Å²) in [5.41, 5.74) is 6.09. The number of alkyl halides is 3. The average Bonchev–Trinajstić information content (AvgIpc) is 3.50. The minimum absolute atomic E-state index is 0.0312. The summed E-state index contributed by atoms with van der Waals surface area (Å²) in [4.78, 5) is 15.2. The lowest BCUT2D eigenvalue weighted by atomic mass is 9.93. The van der Waals surface area contributed by atoms with Gasteiger partial charge in [0.1, 0.15) is 22.0 Å².